The number of fused-ring (bicyclic) bond motifs is 5. The average molecular weight is 330 g/mol. The summed E-state index contributed by atoms with van der Waals surface area (Å²) in [5.41, 5.74) is 2.60. The molecule has 2 fully saturated rings. The fraction of sp³-hybridized carbons (Fsp3) is 0.238. The van der Waals surface area contributed by atoms with Gasteiger partial charge in [0.15, 0.2) is 0 Å². The van der Waals surface area contributed by atoms with Crippen molar-refractivity contribution in [2.75, 3.05) is 10.2 Å². The van der Waals surface area contributed by atoms with Gasteiger partial charge in [0, 0.05) is 11.4 Å². The van der Waals surface area contributed by atoms with E-state index < -0.39 is 0 Å². The minimum absolute atomic E-state index is 0.0318. The second-order valence-electron chi connectivity index (χ2n) is 7.05. The molecule has 2 aromatic carbocycles. The van der Waals surface area contributed by atoms with Crippen LogP contribution in [-0.2, 0) is 9.59 Å². The number of anilines is 3. The number of nitrogens with one attached hydrogen (secondary N) is 1. The van der Waals surface area contributed by atoms with E-state index in [0.29, 0.717) is 5.69 Å². The maximum absolute atomic E-state index is 12.8. The molecular weight excluding hydrogens is 312 g/mol. The molecule has 1 N–H and O–H groups in total. The molecule has 4 nitrogen and oxygen atoms in total. The highest BCUT2D eigenvalue weighted by atomic mass is 16.2. The van der Waals surface area contributed by atoms with Gasteiger partial charge in [-0.25, -0.2) is 0 Å². The summed E-state index contributed by atoms with van der Waals surface area (Å²) < 4.78 is 0. The standard InChI is InChI=1S/C21H18N2O2/c24-20-18-13-6-7-14(12-13)19(18)21(25)23(20)17-10-8-16(9-11-17)22-15-4-2-1-3-5-15/h1-11,13-14,18-19,22H,12H2/t13-,14-,18+,19+/m0/s1. The van der Waals surface area contributed by atoms with Gasteiger partial charge in [-0.3, -0.25) is 14.5 Å². The van der Waals surface area contributed by atoms with E-state index >= 15 is 0 Å². The number of amides is 2. The van der Waals surface area contributed by atoms with Crippen LogP contribution in [0.25, 0.3) is 0 Å². The second-order valence-corrected chi connectivity index (χ2v) is 7.05. The van der Waals surface area contributed by atoms with E-state index in [-0.39, 0.29) is 35.5 Å². The van der Waals surface area contributed by atoms with E-state index in [9.17, 15) is 9.59 Å². The molecule has 25 heavy (non-hydrogen) atoms. The van der Waals surface area contributed by atoms with Gasteiger partial charge in [0.2, 0.25) is 11.8 Å². The van der Waals surface area contributed by atoms with E-state index in [1.165, 1.54) is 4.90 Å². The fourth-order valence-electron chi connectivity index (χ4n) is 4.54. The normalized spacial score (nSPS) is 29.4. The smallest absolute Gasteiger partial charge is 0.238 e. The number of allylic oxidation sites excluding steroid dienone is 2. The molecule has 1 saturated heterocycles. The van der Waals surface area contributed by atoms with Crippen LogP contribution in [0.2, 0.25) is 0 Å². The zero-order chi connectivity index (χ0) is 17.0. The lowest BCUT2D eigenvalue weighted by molar-refractivity contribution is -0.123. The Labute approximate surface area is 146 Å². The zero-order valence-corrected chi connectivity index (χ0v) is 13.6. The summed E-state index contributed by atoms with van der Waals surface area (Å²) in [5.74, 6) is 0.131. The fourth-order valence-corrected chi connectivity index (χ4v) is 4.54. The van der Waals surface area contributed by atoms with Crippen molar-refractivity contribution in [2.24, 2.45) is 23.7 Å². The monoisotopic (exact) mass is 330 g/mol. The molecule has 5 rings (SSSR count). The van der Waals surface area contributed by atoms with Crippen LogP contribution in [0.4, 0.5) is 17.1 Å². The first kappa shape index (κ1) is 14.5. The van der Waals surface area contributed by atoms with Crippen LogP contribution in [0, 0.1) is 23.7 Å². The van der Waals surface area contributed by atoms with E-state index in [1.807, 2.05) is 54.6 Å². The van der Waals surface area contributed by atoms with Crippen molar-refractivity contribution < 1.29 is 9.59 Å². The molecule has 1 heterocycles. The predicted molar refractivity (Wildman–Crippen MR) is 96.4 cm³/mol. The number of carbonyl (C=O) groups is 2. The first-order chi connectivity index (χ1) is 12.2. The number of imide groups is 1. The van der Waals surface area contributed by atoms with E-state index in [1.54, 1.807) is 0 Å². The third-order valence-corrected chi connectivity index (χ3v) is 5.66. The van der Waals surface area contributed by atoms with Crippen LogP contribution >= 0.6 is 0 Å². The number of rotatable bonds is 3. The van der Waals surface area contributed by atoms with Gasteiger partial charge in [-0.15, -0.1) is 0 Å². The van der Waals surface area contributed by atoms with Crippen molar-refractivity contribution in [3.63, 3.8) is 0 Å². The number of para-hydroxylation sites is 1. The first-order valence-electron chi connectivity index (χ1n) is 8.70. The molecule has 2 bridgehead atoms. The molecule has 4 heteroatoms. The first-order valence-corrected chi connectivity index (χ1v) is 8.70. The minimum atomic E-state index is -0.148. The number of carbonyl (C=O) groups excluding carboxylic acids is 2. The molecule has 3 aliphatic rings. The quantitative estimate of drug-likeness (QED) is 0.689. The summed E-state index contributed by atoms with van der Waals surface area (Å²) in [4.78, 5) is 27.0. The van der Waals surface area contributed by atoms with Crippen molar-refractivity contribution in [3.8, 4) is 0 Å². The molecule has 2 amide bonds. The lowest BCUT2D eigenvalue weighted by Gasteiger charge is -2.18. The third kappa shape index (κ3) is 2.14. The van der Waals surface area contributed by atoms with Crippen LogP contribution in [0.1, 0.15) is 6.42 Å². The molecular formula is C21H18N2O2. The number of benzene rings is 2. The Bertz CT molecular complexity index is 843. The molecule has 2 aliphatic carbocycles. The second kappa shape index (κ2) is 5.31. The Morgan fingerprint density at radius 1 is 0.760 bits per heavy atom. The summed E-state index contributed by atoms with van der Waals surface area (Å²) >= 11 is 0. The topological polar surface area (TPSA) is 49.4 Å². The Morgan fingerprint density at radius 3 is 1.92 bits per heavy atom. The maximum Gasteiger partial charge on any atom is 0.238 e. The third-order valence-electron chi connectivity index (χ3n) is 5.66. The maximum atomic E-state index is 12.8. The van der Waals surface area contributed by atoms with Crippen LogP contribution in [0.3, 0.4) is 0 Å². The highest BCUT2D eigenvalue weighted by Gasteiger charge is 2.59. The Balaban J connectivity index is 1.39. The van der Waals surface area contributed by atoms with Gasteiger partial charge >= 0.3 is 0 Å². The van der Waals surface area contributed by atoms with Crippen LogP contribution < -0.4 is 10.2 Å². The zero-order valence-electron chi connectivity index (χ0n) is 13.6. The molecule has 4 atom stereocenters. The summed E-state index contributed by atoms with van der Waals surface area (Å²) in [7, 11) is 0. The van der Waals surface area contributed by atoms with Crippen molar-refractivity contribution in [1.29, 1.82) is 0 Å². The SMILES string of the molecule is O=C1[C@H]2[C@H](C(=O)N1c1ccc(Nc3ccccc3)cc1)[C@H]1C=C[C@H]2C1. The average Bonchev–Trinajstić information content (AvgIpc) is 3.31. The number of nitrogens with zero attached hydrogens (tertiary/aromatic N) is 1. The van der Waals surface area contributed by atoms with Gasteiger partial charge in [0.25, 0.3) is 0 Å². The predicted octanol–water partition coefficient (Wildman–Crippen LogP) is 3.74. The Kier molecular flexibility index (Phi) is 3.07. The van der Waals surface area contributed by atoms with Crippen LogP contribution in [-0.4, -0.2) is 11.8 Å². The van der Waals surface area contributed by atoms with E-state index in [4.69, 9.17) is 0 Å². The lowest BCUT2D eigenvalue weighted by Crippen LogP contribution is -2.32. The largest absolute Gasteiger partial charge is 0.356 e. The van der Waals surface area contributed by atoms with E-state index in [2.05, 4.69) is 17.5 Å². The van der Waals surface area contributed by atoms with E-state index in [0.717, 1.165) is 17.8 Å². The minimum Gasteiger partial charge on any atom is -0.356 e. The van der Waals surface area contributed by atoms with Crippen molar-refractivity contribution in [3.05, 3.63) is 66.7 Å². The molecule has 2 aromatic rings. The summed E-state index contributed by atoms with van der Waals surface area (Å²) in [6, 6.07) is 17.4. The highest BCUT2D eigenvalue weighted by Crippen LogP contribution is 2.53. The molecule has 0 spiro atoms. The van der Waals surface area contributed by atoms with Gasteiger partial charge in [-0.05, 0) is 54.7 Å². The van der Waals surface area contributed by atoms with Crippen LogP contribution in [0.5, 0.6) is 0 Å². The molecule has 1 saturated carbocycles. The van der Waals surface area contributed by atoms with Crippen molar-refractivity contribution in [1.82, 2.24) is 0 Å². The van der Waals surface area contributed by atoms with Gasteiger partial charge in [0.1, 0.15) is 0 Å². The van der Waals surface area contributed by atoms with Crippen molar-refractivity contribution >= 4 is 28.9 Å². The Morgan fingerprint density at radius 2 is 1.32 bits per heavy atom. The molecule has 0 unspecified atom stereocenters. The molecule has 1 aliphatic heterocycles. The van der Waals surface area contributed by atoms with Gasteiger partial charge in [0.05, 0.1) is 17.5 Å². The summed E-state index contributed by atoms with van der Waals surface area (Å²) in [6.45, 7) is 0. The molecule has 124 valence electrons. The van der Waals surface area contributed by atoms with Gasteiger partial charge in [-0.2, -0.15) is 0 Å². The number of hydrogen-bond donors (Lipinski definition) is 1. The lowest BCUT2D eigenvalue weighted by atomic mass is 9.85. The molecule has 0 radical (unpaired) electrons. The van der Waals surface area contributed by atoms with Gasteiger partial charge in [-0.1, -0.05) is 30.4 Å². The molecule has 0 aromatic heterocycles. The summed E-state index contributed by atoms with van der Waals surface area (Å²) in [6.07, 6.45) is 5.20. The van der Waals surface area contributed by atoms with Crippen molar-refractivity contribution in [2.45, 2.75) is 6.42 Å². The van der Waals surface area contributed by atoms with Crippen LogP contribution in [0.15, 0.2) is 66.7 Å². The highest BCUT2D eigenvalue weighted by molar-refractivity contribution is 6.22. The number of hydrogen-bond acceptors (Lipinski definition) is 3. The van der Waals surface area contributed by atoms with Gasteiger partial charge < -0.3 is 5.32 Å². The summed E-state index contributed by atoms with van der Waals surface area (Å²) in [5, 5.41) is 3.31. The Hall–Kier alpha value is -2.88.